The molecule has 2 aliphatic heterocycles. The molecule has 0 saturated carbocycles. The smallest absolute Gasteiger partial charge is 0.306 e. The highest BCUT2D eigenvalue weighted by Gasteiger charge is 2.39. The van der Waals surface area contributed by atoms with Crippen LogP contribution in [-0.2, 0) is 16.1 Å². The first-order valence-electron chi connectivity index (χ1n) is 6.99. The molecule has 2 aromatic rings. The molecule has 1 aromatic carbocycles. The average Bonchev–Trinajstić information content (AvgIpc) is 2.96. The Morgan fingerprint density at radius 1 is 1.18 bits per heavy atom. The molecule has 1 saturated heterocycles. The summed E-state index contributed by atoms with van der Waals surface area (Å²) in [7, 11) is 0. The third kappa shape index (κ3) is 1.89. The second kappa shape index (κ2) is 4.67. The van der Waals surface area contributed by atoms with Gasteiger partial charge in [-0.05, 0) is 24.6 Å². The first-order chi connectivity index (χ1) is 10.5. The van der Waals surface area contributed by atoms with Crippen molar-refractivity contribution in [2.24, 2.45) is 0 Å². The standard InChI is InChI=1S/C15H12BrN3O3/c16-9-2-1-8-5-10-7-18(15(22)19(10)12(8)6-9)11-3-4-13(20)17-14(11)21/h1-2,5-6,11H,3-4,7H2,(H,17,20,21). The van der Waals surface area contributed by atoms with Crippen LogP contribution in [-0.4, -0.2) is 33.4 Å². The number of aromatic nitrogens is 1. The molecule has 6 nitrogen and oxygen atoms in total. The highest BCUT2D eigenvalue weighted by Crippen LogP contribution is 2.31. The molecule has 4 rings (SSSR count). The number of imide groups is 1. The monoisotopic (exact) mass is 361 g/mol. The van der Waals surface area contributed by atoms with Gasteiger partial charge in [-0.2, -0.15) is 0 Å². The number of fused-ring (bicyclic) bond motifs is 3. The minimum absolute atomic E-state index is 0.211. The summed E-state index contributed by atoms with van der Waals surface area (Å²) in [5.41, 5.74) is 1.69. The van der Waals surface area contributed by atoms with E-state index in [9.17, 15) is 14.4 Å². The van der Waals surface area contributed by atoms with E-state index in [1.54, 1.807) is 4.57 Å². The van der Waals surface area contributed by atoms with Crippen molar-refractivity contribution >= 4 is 44.7 Å². The fourth-order valence-electron chi connectivity index (χ4n) is 3.17. The number of nitrogens with one attached hydrogen (secondary N) is 1. The Labute approximate surface area is 134 Å². The Morgan fingerprint density at radius 2 is 2.00 bits per heavy atom. The molecule has 0 bridgehead atoms. The Kier molecular flexibility index (Phi) is 2.87. The lowest BCUT2D eigenvalue weighted by Crippen LogP contribution is -2.52. The summed E-state index contributed by atoms with van der Waals surface area (Å²) < 4.78 is 2.54. The number of halogens is 1. The van der Waals surface area contributed by atoms with Crippen LogP contribution in [0.3, 0.4) is 0 Å². The molecule has 22 heavy (non-hydrogen) atoms. The third-order valence-electron chi connectivity index (χ3n) is 4.20. The minimum Gasteiger partial charge on any atom is -0.306 e. The Bertz CT molecular complexity index is 842. The molecule has 1 aromatic heterocycles. The normalized spacial score (nSPS) is 21.4. The highest BCUT2D eigenvalue weighted by atomic mass is 79.9. The summed E-state index contributed by atoms with van der Waals surface area (Å²) in [6.07, 6.45) is 0.643. The number of amides is 3. The van der Waals surface area contributed by atoms with Crippen molar-refractivity contribution in [3.63, 3.8) is 0 Å². The molecular formula is C15H12BrN3O3. The lowest BCUT2D eigenvalue weighted by atomic mass is 10.0. The van der Waals surface area contributed by atoms with E-state index in [2.05, 4.69) is 21.2 Å². The van der Waals surface area contributed by atoms with Crippen molar-refractivity contribution < 1.29 is 14.4 Å². The van der Waals surface area contributed by atoms with E-state index in [-0.39, 0.29) is 24.3 Å². The van der Waals surface area contributed by atoms with Crippen LogP contribution in [0.25, 0.3) is 10.9 Å². The maximum absolute atomic E-state index is 12.7. The number of rotatable bonds is 1. The third-order valence-corrected chi connectivity index (χ3v) is 4.69. The predicted molar refractivity (Wildman–Crippen MR) is 82.1 cm³/mol. The zero-order chi connectivity index (χ0) is 15.4. The van der Waals surface area contributed by atoms with Crippen LogP contribution >= 0.6 is 15.9 Å². The molecule has 1 atom stereocenters. The van der Waals surface area contributed by atoms with Gasteiger partial charge in [0.05, 0.1) is 12.1 Å². The molecule has 0 spiro atoms. The molecule has 1 unspecified atom stereocenters. The lowest BCUT2D eigenvalue weighted by molar-refractivity contribution is -0.136. The number of nitrogens with zero attached hydrogens (tertiary/aromatic N) is 2. The summed E-state index contributed by atoms with van der Waals surface area (Å²) in [5.74, 6) is -0.664. The van der Waals surface area contributed by atoms with E-state index < -0.39 is 6.04 Å². The Balaban J connectivity index is 1.72. The molecule has 7 heteroatoms. The van der Waals surface area contributed by atoms with Crippen molar-refractivity contribution in [2.75, 3.05) is 0 Å². The van der Waals surface area contributed by atoms with Crippen molar-refractivity contribution in [3.05, 3.63) is 34.4 Å². The van der Waals surface area contributed by atoms with Gasteiger partial charge in [0.25, 0.3) is 0 Å². The van der Waals surface area contributed by atoms with Gasteiger partial charge in [0.2, 0.25) is 11.8 Å². The van der Waals surface area contributed by atoms with Gasteiger partial charge < -0.3 is 4.90 Å². The first-order valence-corrected chi connectivity index (χ1v) is 7.78. The van der Waals surface area contributed by atoms with Crippen molar-refractivity contribution in [2.45, 2.75) is 25.4 Å². The number of hydrogen-bond acceptors (Lipinski definition) is 3. The van der Waals surface area contributed by atoms with Gasteiger partial charge in [0, 0.05) is 22.0 Å². The van der Waals surface area contributed by atoms with Crippen molar-refractivity contribution in [1.29, 1.82) is 0 Å². The van der Waals surface area contributed by atoms with Crippen molar-refractivity contribution in [3.8, 4) is 0 Å². The summed E-state index contributed by atoms with van der Waals surface area (Å²) >= 11 is 3.41. The van der Waals surface area contributed by atoms with E-state index in [1.807, 2.05) is 24.3 Å². The second-order valence-corrected chi connectivity index (χ2v) is 6.47. The summed E-state index contributed by atoms with van der Waals surface area (Å²) in [4.78, 5) is 37.5. The number of benzene rings is 1. The second-order valence-electron chi connectivity index (χ2n) is 5.55. The maximum atomic E-state index is 12.7. The van der Waals surface area contributed by atoms with Crippen LogP contribution in [0.5, 0.6) is 0 Å². The van der Waals surface area contributed by atoms with E-state index in [1.165, 1.54) is 4.90 Å². The Morgan fingerprint density at radius 3 is 2.77 bits per heavy atom. The fourth-order valence-corrected chi connectivity index (χ4v) is 3.52. The number of carbonyl (C=O) groups is 3. The van der Waals surface area contributed by atoms with Gasteiger partial charge >= 0.3 is 6.03 Å². The van der Waals surface area contributed by atoms with Crippen molar-refractivity contribution in [1.82, 2.24) is 14.8 Å². The Hall–Kier alpha value is -2.15. The van der Waals surface area contributed by atoms with Crippen LogP contribution in [0.2, 0.25) is 0 Å². The fraction of sp³-hybridized carbons (Fsp3) is 0.267. The first kappa shape index (κ1) is 13.5. The summed E-state index contributed by atoms with van der Waals surface area (Å²) in [6, 6.07) is 6.95. The van der Waals surface area contributed by atoms with E-state index >= 15 is 0 Å². The molecule has 112 valence electrons. The topological polar surface area (TPSA) is 71.4 Å². The number of hydrogen-bond donors (Lipinski definition) is 1. The summed E-state index contributed by atoms with van der Waals surface area (Å²) in [6.45, 7) is 0.386. The van der Waals surface area contributed by atoms with Gasteiger partial charge in [0.1, 0.15) is 6.04 Å². The van der Waals surface area contributed by atoms with Crippen LogP contribution < -0.4 is 5.32 Å². The SMILES string of the molecule is O=C1CCC(N2Cc3cc4ccc(Br)cc4n3C2=O)C(=O)N1. The van der Waals surface area contributed by atoms with Gasteiger partial charge in [-0.25, -0.2) is 4.79 Å². The molecule has 2 aliphatic rings. The lowest BCUT2D eigenvalue weighted by Gasteiger charge is -2.28. The molecule has 0 aliphatic carbocycles. The maximum Gasteiger partial charge on any atom is 0.329 e. The highest BCUT2D eigenvalue weighted by molar-refractivity contribution is 9.10. The zero-order valence-corrected chi connectivity index (χ0v) is 13.1. The average molecular weight is 362 g/mol. The van der Waals surface area contributed by atoms with Crippen LogP contribution in [0.15, 0.2) is 28.7 Å². The quantitative estimate of drug-likeness (QED) is 0.789. The number of piperidine rings is 1. The molecule has 1 N–H and O–H groups in total. The molecular weight excluding hydrogens is 350 g/mol. The van der Waals surface area contributed by atoms with E-state index in [0.717, 1.165) is 21.1 Å². The van der Waals surface area contributed by atoms with Gasteiger partial charge in [-0.3, -0.25) is 19.5 Å². The predicted octanol–water partition coefficient (Wildman–Crippen LogP) is 1.99. The molecule has 0 radical (unpaired) electrons. The van der Waals surface area contributed by atoms with Crippen LogP contribution in [0.1, 0.15) is 18.5 Å². The van der Waals surface area contributed by atoms with Gasteiger partial charge in [-0.15, -0.1) is 0 Å². The van der Waals surface area contributed by atoms with E-state index in [0.29, 0.717) is 13.0 Å². The minimum atomic E-state index is -0.577. The molecule has 3 heterocycles. The van der Waals surface area contributed by atoms with Crippen LogP contribution in [0.4, 0.5) is 4.79 Å². The zero-order valence-electron chi connectivity index (χ0n) is 11.5. The molecule has 1 fully saturated rings. The van der Waals surface area contributed by atoms with Gasteiger partial charge in [0.15, 0.2) is 0 Å². The van der Waals surface area contributed by atoms with Gasteiger partial charge in [-0.1, -0.05) is 22.0 Å². The number of carbonyl (C=O) groups excluding carboxylic acids is 3. The van der Waals surface area contributed by atoms with Crippen LogP contribution in [0, 0.1) is 0 Å². The van der Waals surface area contributed by atoms with E-state index in [4.69, 9.17) is 0 Å². The summed E-state index contributed by atoms with van der Waals surface area (Å²) in [5, 5.41) is 3.30. The largest absolute Gasteiger partial charge is 0.329 e. The molecule has 3 amide bonds.